The number of urea groups is 1. The SMILES string of the molecule is CC(C)NC(=O)Nc1ccc(NCc2ccc(Cl)cc2)nn1. The van der Waals surface area contributed by atoms with Gasteiger partial charge in [0.15, 0.2) is 5.82 Å². The van der Waals surface area contributed by atoms with Crippen molar-refractivity contribution in [3.8, 4) is 0 Å². The predicted octanol–water partition coefficient (Wildman–Crippen LogP) is 3.27. The Morgan fingerprint density at radius 2 is 1.73 bits per heavy atom. The first-order valence-electron chi connectivity index (χ1n) is 6.92. The number of carbonyl (C=O) groups is 1. The third-order valence-electron chi connectivity index (χ3n) is 2.71. The molecule has 0 aliphatic heterocycles. The molecule has 1 aromatic carbocycles. The van der Waals surface area contributed by atoms with Crippen molar-refractivity contribution in [3.05, 3.63) is 47.0 Å². The van der Waals surface area contributed by atoms with E-state index < -0.39 is 0 Å². The van der Waals surface area contributed by atoms with Gasteiger partial charge in [0, 0.05) is 17.6 Å². The molecule has 0 bridgehead atoms. The molecule has 2 amide bonds. The van der Waals surface area contributed by atoms with Gasteiger partial charge in [-0.15, -0.1) is 10.2 Å². The number of hydrogen-bond donors (Lipinski definition) is 3. The van der Waals surface area contributed by atoms with Crippen molar-refractivity contribution >= 4 is 29.3 Å². The van der Waals surface area contributed by atoms with E-state index in [0.29, 0.717) is 23.2 Å². The molecule has 3 N–H and O–H groups in total. The van der Waals surface area contributed by atoms with Crippen molar-refractivity contribution in [3.63, 3.8) is 0 Å². The van der Waals surface area contributed by atoms with E-state index in [4.69, 9.17) is 11.6 Å². The highest BCUT2D eigenvalue weighted by molar-refractivity contribution is 6.30. The van der Waals surface area contributed by atoms with Crippen LogP contribution in [0.4, 0.5) is 16.4 Å². The molecule has 0 atom stereocenters. The van der Waals surface area contributed by atoms with E-state index in [-0.39, 0.29) is 12.1 Å². The van der Waals surface area contributed by atoms with Crippen molar-refractivity contribution in [2.75, 3.05) is 10.6 Å². The lowest BCUT2D eigenvalue weighted by Crippen LogP contribution is -2.34. The summed E-state index contributed by atoms with van der Waals surface area (Å²) in [6.07, 6.45) is 0. The Labute approximate surface area is 134 Å². The molecule has 1 heterocycles. The maximum atomic E-state index is 11.5. The fourth-order valence-electron chi connectivity index (χ4n) is 1.70. The van der Waals surface area contributed by atoms with Crippen LogP contribution < -0.4 is 16.0 Å². The number of benzene rings is 1. The number of halogens is 1. The molecular formula is C15H18ClN5O. The minimum absolute atomic E-state index is 0.0632. The van der Waals surface area contributed by atoms with Gasteiger partial charge in [-0.05, 0) is 43.7 Å². The first kappa shape index (κ1) is 16.0. The Morgan fingerprint density at radius 3 is 2.32 bits per heavy atom. The minimum Gasteiger partial charge on any atom is -0.365 e. The molecule has 0 spiro atoms. The predicted molar refractivity (Wildman–Crippen MR) is 88.1 cm³/mol. The van der Waals surface area contributed by atoms with Gasteiger partial charge < -0.3 is 10.6 Å². The van der Waals surface area contributed by atoms with E-state index in [9.17, 15) is 4.79 Å². The van der Waals surface area contributed by atoms with Crippen LogP contribution in [0.1, 0.15) is 19.4 Å². The van der Waals surface area contributed by atoms with E-state index in [2.05, 4.69) is 26.1 Å². The van der Waals surface area contributed by atoms with E-state index in [1.165, 1.54) is 0 Å². The van der Waals surface area contributed by atoms with Crippen LogP contribution in [0, 0.1) is 0 Å². The van der Waals surface area contributed by atoms with Gasteiger partial charge >= 0.3 is 6.03 Å². The average molecular weight is 320 g/mol. The summed E-state index contributed by atoms with van der Waals surface area (Å²) in [5.41, 5.74) is 1.09. The largest absolute Gasteiger partial charge is 0.365 e. The molecule has 0 unspecified atom stereocenters. The van der Waals surface area contributed by atoms with Gasteiger partial charge in [0.05, 0.1) is 0 Å². The molecule has 6 nitrogen and oxygen atoms in total. The highest BCUT2D eigenvalue weighted by Crippen LogP contribution is 2.11. The lowest BCUT2D eigenvalue weighted by Gasteiger charge is -2.09. The van der Waals surface area contributed by atoms with Crippen LogP contribution in [-0.2, 0) is 6.54 Å². The Bertz CT molecular complexity index is 613. The number of hydrogen-bond acceptors (Lipinski definition) is 4. The molecule has 0 aliphatic carbocycles. The summed E-state index contributed by atoms with van der Waals surface area (Å²) in [5.74, 6) is 1.03. The number of anilines is 2. The first-order chi connectivity index (χ1) is 10.5. The second-order valence-electron chi connectivity index (χ2n) is 5.04. The highest BCUT2D eigenvalue weighted by atomic mass is 35.5. The van der Waals surface area contributed by atoms with Gasteiger partial charge in [0.1, 0.15) is 5.82 Å². The normalized spacial score (nSPS) is 10.4. The topological polar surface area (TPSA) is 78.9 Å². The summed E-state index contributed by atoms with van der Waals surface area (Å²) in [5, 5.41) is 17.1. The van der Waals surface area contributed by atoms with Gasteiger partial charge in [-0.3, -0.25) is 5.32 Å². The Balaban J connectivity index is 1.86. The molecule has 0 saturated carbocycles. The third kappa shape index (κ3) is 5.21. The molecule has 116 valence electrons. The van der Waals surface area contributed by atoms with Crippen LogP contribution in [-0.4, -0.2) is 22.3 Å². The molecule has 0 aliphatic rings. The summed E-state index contributed by atoms with van der Waals surface area (Å²) in [4.78, 5) is 11.5. The standard InChI is InChI=1S/C15H18ClN5O/c1-10(2)18-15(22)19-14-8-7-13(20-21-14)17-9-11-3-5-12(16)6-4-11/h3-8,10H,9H2,1-2H3,(H,17,20)(H2,18,19,21,22). The van der Waals surface area contributed by atoms with Crippen molar-refractivity contribution in [2.24, 2.45) is 0 Å². The van der Waals surface area contributed by atoms with Crippen LogP contribution >= 0.6 is 11.6 Å². The quantitative estimate of drug-likeness (QED) is 0.790. The molecule has 0 radical (unpaired) electrons. The Kier molecular flexibility index (Phi) is 5.55. The second-order valence-corrected chi connectivity index (χ2v) is 5.47. The number of carbonyl (C=O) groups excluding carboxylic acids is 1. The molecule has 22 heavy (non-hydrogen) atoms. The molecule has 0 fully saturated rings. The maximum Gasteiger partial charge on any atom is 0.320 e. The van der Waals surface area contributed by atoms with Crippen LogP contribution in [0.15, 0.2) is 36.4 Å². The van der Waals surface area contributed by atoms with Crippen molar-refractivity contribution in [1.29, 1.82) is 0 Å². The number of nitrogens with zero attached hydrogens (tertiary/aromatic N) is 2. The number of amides is 2. The van der Waals surface area contributed by atoms with E-state index >= 15 is 0 Å². The third-order valence-corrected chi connectivity index (χ3v) is 2.96. The summed E-state index contributed by atoms with van der Waals surface area (Å²) in [6, 6.07) is 10.8. The summed E-state index contributed by atoms with van der Waals surface area (Å²) >= 11 is 5.84. The van der Waals surface area contributed by atoms with Gasteiger partial charge in [-0.1, -0.05) is 23.7 Å². The number of rotatable bonds is 5. The summed E-state index contributed by atoms with van der Waals surface area (Å²) < 4.78 is 0. The number of aromatic nitrogens is 2. The lowest BCUT2D eigenvalue weighted by atomic mass is 10.2. The van der Waals surface area contributed by atoms with Gasteiger partial charge in [-0.2, -0.15) is 0 Å². The molecule has 2 aromatic rings. The second kappa shape index (κ2) is 7.61. The van der Waals surface area contributed by atoms with E-state index in [1.807, 2.05) is 38.1 Å². The first-order valence-corrected chi connectivity index (χ1v) is 7.30. The Morgan fingerprint density at radius 1 is 1.09 bits per heavy atom. The lowest BCUT2D eigenvalue weighted by molar-refractivity contribution is 0.250. The zero-order chi connectivity index (χ0) is 15.9. The molecule has 7 heteroatoms. The maximum absolute atomic E-state index is 11.5. The fourth-order valence-corrected chi connectivity index (χ4v) is 1.83. The van der Waals surface area contributed by atoms with Crippen molar-refractivity contribution in [2.45, 2.75) is 26.4 Å². The molecule has 0 saturated heterocycles. The molecular weight excluding hydrogens is 302 g/mol. The zero-order valence-electron chi connectivity index (χ0n) is 12.4. The minimum atomic E-state index is -0.300. The van der Waals surface area contributed by atoms with E-state index in [1.54, 1.807) is 12.1 Å². The van der Waals surface area contributed by atoms with Crippen LogP contribution in [0.25, 0.3) is 0 Å². The van der Waals surface area contributed by atoms with Gasteiger partial charge in [-0.25, -0.2) is 4.79 Å². The van der Waals surface area contributed by atoms with Gasteiger partial charge in [0.2, 0.25) is 0 Å². The van der Waals surface area contributed by atoms with Crippen molar-refractivity contribution < 1.29 is 4.79 Å². The molecule has 2 rings (SSSR count). The summed E-state index contributed by atoms with van der Waals surface area (Å²) in [7, 11) is 0. The Hall–Kier alpha value is -2.34. The molecule has 1 aromatic heterocycles. The highest BCUT2D eigenvalue weighted by Gasteiger charge is 2.04. The summed E-state index contributed by atoms with van der Waals surface area (Å²) in [6.45, 7) is 4.39. The number of nitrogens with one attached hydrogen (secondary N) is 3. The van der Waals surface area contributed by atoms with Crippen LogP contribution in [0.5, 0.6) is 0 Å². The zero-order valence-corrected chi connectivity index (χ0v) is 13.2. The van der Waals surface area contributed by atoms with Crippen LogP contribution in [0.2, 0.25) is 5.02 Å². The van der Waals surface area contributed by atoms with Crippen molar-refractivity contribution in [1.82, 2.24) is 15.5 Å². The van der Waals surface area contributed by atoms with Crippen LogP contribution in [0.3, 0.4) is 0 Å². The fraction of sp³-hybridized carbons (Fsp3) is 0.267. The van der Waals surface area contributed by atoms with Gasteiger partial charge in [0.25, 0.3) is 0 Å². The monoisotopic (exact) mass is 319 g/mol. The van der Waals surface area contributed by atoms with E-state index in [0.717, 1.165) is 5.56 Å². The smallest absolute Gasteiger partial charge is 0.320 e. The average Bonchev–Trinajstić information content (AvgIpc) is 2.47.